The molecule has 5 nitrogen and oxygen atoms in total. The largest absolute Gasteiger partial charge is 0.316 e. The molecule has 0 aromatic heterocycles. The fraction of sp³-hybridized carbons (Fsp3) is 0.385. The zero-order valence-electron chi connectivity index (χ0n) is 11.2. The van der Waals surface area contributed by atoms with Gasteiger partial charge in [0.05, 0.1) is 17.5 Å². The van der Waals surface area contributed by atoms with Gasteiger partial charge in [-0.05, 0) is 40.8 Å². The lowest BCUT2D eigenvalue weighted by molar-refractivity contribution is -0.115. The average molecular weight is 436 g/mol. The highest BCUT2D eigenvalue weighted by atomic mass is 127. The quantitative estimate of drug-likeness (QED) is 0.630. The molecule has 0 aliphatic carbocycles. The number of amides is 1. The molecule has 1 aromatic carbocycles. The van der Waals surface area contributed by atoms with Crippen molar-refractivity contribution in [2.45, 2.75) is 18.2 Å². The Morgan fingerprint density at radius 2 is 2.19 bits per heavy atom. The van der Waals surface area contributed by atoms with E-state index < -0.39 is 9.84 Å². The van der Waals surface area contributed by atoms with Crippen LogP contribution < -0.4 is 4.90 Å². The summed E-state index contributed by atoms with van der Waals surface area (Å²) < 4.78 is 24.8. The molecule has 2 aliphatic rings. The van der Waals surface area contributed by atoms with Gasteiger partial charge in [0, 0.05) is 21.4 Å². The van der Waals surface area contributed by atoms with Gasteiger partial charge in [0.25, 0.3) is 0 Å². The maximum absolute atomic E-state index is 11.9. The van der Waals surface area contributed by atoms with Crippen LogP contribution in [0.5, 0.6) is 0 Å². The zero-order chi connectivity index (χ0) is 15.2. The molecule has 2 saturated heterocycles. The van der Waals surface area contributed by atoms with Crippen molar-refractivity contribution in [3.05, 3.63) is 27.8 Å². The topological polar surface area (TPSA) is 66.8 Å². The third kappa shape index (κ3) is 3.11. The Morgan fingerprint density at radius 1 is 1.43 bits per heavy atom. The number of hydrogen-bond acceptors (Lipinski definition) is 4. The molecule has 0 bridgehead atoms. The van der Waals surface area contributed by atoms with Crippen molar-refractivity contribution >= 4 is 61.0 Å². The van der Waals surface area contributed by atoms with Crippen molar-refractivity contribution in [3.63, 3.8) is 0 Å². The number of aliphatic imine (C=N–C) groups is 1. The Labute approximate surface area is 141 Å². The molecule has 0 saturated carbocycles. The Bertz CT molecular complexity index is 733. The average Bonchev–Trinajstić information content (AvgIpc) is 2.79. The van der Waals surface area contributed by atoms with Gasteiger partial charge in [-0.3, -0.25) is 4.79 Å². The van der Waals surface area contributed by atoms with Crippen LogP contribution in [0.1, 0.15) is 6.92 Å². The van der Waals surface area contributed by atoms with E-state index in [9.17, 15) is 13.2 Å². The standard InChI is InChI=1S/C13H13IN2O3S2/c1-8(17)15-13-16(10-4-2-3-9(14)5-10)11-6-21(18,19)7-12(11)20-13/h2-5,11-12H,6-7H2,1H3. The highest BCUT2D eigenvalue weighted by molar-refractivity contribution is 14.1. The first kappa shape index (κ1) is 15.3. The monoisotopic (exact) mass is 436 g/mol. The van der Waals surface area contributed by atoms with E-state index in [1.165, 1.54) is 18.7 Å². The predicted molar refractivity (Wildman–Crippen MR) is 93.6 cm³/mol. The fourth-order valence-corrected chi connectivity index (χ4v) is 7.11. The molecule has 2 aliphatic heterocycles. The molecule has 0 spiro atoms. The van der Waals surface area contributed by atoms with Crippen LogP contribution in [0.4, 0.5) is 5.69 Å². The molecule has 0 radical (unpaired) electrons. The van der Waals surface area contributed by atoms with Crippen LogP contribution >= 0.6 is 34.4 Å². The number of benzene rings is 1. The van der Waals surface area contributed by atoms with Gasteiger partial charge in [-0.2, -0.15) is 4.99 Å². The molecule has 1 aromatic rings. The van der Waals surface area contributed by atoms with Crippen LogP contribution in [0.2, 0.25) is 0 Å². The number of amidine groups is 1. The molecule has 2 fully saturated rings. The van der Waals surface area contributed by atoms with Crippen LogP contribution in [0, 0.1) is 3.57 Å². The normalized spacial score (nSPS) is 28.9. The third-order valence-corrected chi connectivity index (χ3v) is 7.29. The molecule has 8 heteroatoms. The molecular formula is C13H13IN2O3S2. The maximum atomic E-state index is 11.9. The second-order valence-electron chi connectivity index (χ2n) is 5.06. The van der Waals surface area contributed by atoms with Crippen molar-refractivity contribution in [2.75, 3.05) is 16.4 Å². The SMILES string of the molecule is CC(=O)N=C1SC2CS(=O)(=O)CC2N1c1cccc(I)c1. The van der Waals surface area contributed by atoms with E-state index in [2.05, 4.69) is 27.6 Å². The Hall–Kier alpha value is -0.610. The molecule has 1 amide bonds. The third-order valence-electron chi connectivity index (χ3n) is 3.41. The number of nitrogens with zero attached hydrogens (tertiary/aromatic N) is 2. The van der Waals surface area contributed by atoms with E-state index in [0.29, 0.717) is 5.17 Å². The first-order chi connectivity index (χ1) is 9.85. The lowest BCUT2D eigenvalue weighted by Gasteiger charge is -2.24. The summed E-state index contributed by atoms with van der Waals surface area (Å²) in [5.41, 5.74) is 0.888. The summed E-state index contributed by atoms with van der Waals surface area (Å²) in [6.07, 6.45) is 0. The zero-order valence-corrected chi connectivity index (χ0v) is 15.0. The summed E-state index contributed by atoms with van der Waals surface area (Å²) >= 11 is 3.61. The van der Waals surface area contributed by atoms with Crippen molar-refractivity contribution in [3.8, 4) is 0 Å². The van der Waals surface area contributed by atoms with Gasteiger partial charge >= 0.3 is 0 Å². The molecule has 2 atom stereocenters. The van der Waals surface area contributed by atoms with E-state index in [4.69, 9.17) is 0 Å². The first-order valence-corrected chi connectivity index (χ1v) is 10.1. The second kappa shape index (κ2) is 5.54. The van der Waals surface area contributed by atoms with Crippen molar-refractivity contribution < 1.29 is 13.2 Å². The lowest BCUT2D eigenvalue weighted by atomic mass is 10.2. The molecule has 21 heavy (non-hydrogen) atoms. The van der Waals surface area contributed by atoms with Crippen LogP contribution in [0.15, 0.2) is 29.3 Å². The van der Waals surface area contributed by atoms with E-state index >= 15 is 0 Å². The highest BCUT2D eigenvalue weighted by Gasteiger charge is 2.49. The van der Waals surface area contributed by atoms with Crippen LogP contribution in [0.25, 0.3) is 0 Å². The van der Waals surface area contributed by atoms with Gasteiger partial charge in [0.1, 0.15) is 0 Å². The number of carbonyl (C=O) groups is 1. The molecule has 0 N–H and O–H groups in total. The summed E-state index contributed by atoms with van der Waals surface area (Å²) in [4.78, 5) is 17.3. The van der Waals surface area contributed by atoms with Gasteiger partial charge < -0.3 is 4.90 Å². The molecule has 3 rings (SSSR count). The van der Waals surface area contributed by atoms with Crippen LogP contribution in [-0.2, 0) is 14.6 Å². The molecule has 112 valence electrons. The highest BCUT2D eigenvalue weighted by Crippen LogP contribution is 2.41. The van der Waals surface area contributed by atoms with Gasteiger partial charge in [-0.25, -0.2) is 8.42 Å². The number of sulfone groups is 1. The van der Waals surface area contributed by atoms with E-state index in [1.54, 1.807) is 0 Å². The van der Waals surface area contributed by atoms with Crippen LogP contribution in [0.3, 0.4) is 0 Å². The van der Waals surface area contributed by atoms with Gasteiger partial charge in [0.2, 0.25) is 5.91 Å². The Balaban J connectivity index is 2.05. The summed E-state index contributed by atoms with van der Waals surface area (Å²) in [7, 11) is -3.01. The molecule has 2 heterocycles. The lowest BCUT2D eigenvalue weighted by Crippen LogP contribution is -2.37. The summed E-state index contributed by atoms with van der Waals surface area (Å²) in [6, 6.07) is 7.65. The Kier molecular flexibility index (Phi) is 4.04. The predicted octanol–water partition coefficient (Wildman–Crippen LogP) is 1.91. The van der Waals surface area contributed by atoms with Crippen molar-refractivity contribution in [2.24, 2.45) is 4.99 Å². The van der Waals surface area contributed by atoms with E-state index in [1.807, 2.05) is 29.2 Å². The minimum atomic E-state index is -3.01. The number of halogens is 1. The number of hydrogen-bond donors (Lipinski definition) is 0. The second-order valence-corrected chi connectivity index (χ2v) is 9.67. The summed E-state index contributed by atoms with van der Waals surface area (Å²) in [5, 5.41) is 0.556. The van der Waals surface area contributed by atoms with Gasteiger partial charge in [-0.15, -0.1) is 0 Å². The smallest absolute Gasteiger partial charge is 0.244 e. The number of thioether (sulfide) groups is 1. The van der Waals surface area contributed by atoms with Crippen molar-refractivity contribution in [1.82, 2.24) is 0 Å². The van der Waals surface area contributed by atoms with Gasteiger partial charge in [0.15, 0.2) is 15.0 Å². The molecule has 2 unspecified atom stereocenters. The van der Waals surface area contributed by atoms with Crippen molar-refractivity contribution in [1.29, 1.82) is 0 Å². The van der Waals surface area contributed by atoms with Gasteiger partial charge in [-0.1, -0.05) is 17.8 Å². The number of anilines is 1. The number of carbonyl (C=O) groups excluding carboxylic acids is 1. The van der Waals surface area contributed by atoms with E-state index in [-0.39, 0.29) is 28.7 Å². The molecular weight excluding hydrogens is 423 g/mol. The first-order valence-electron chi connectivity index (χ1n) is 6.37. The summed E-state index contributed by atoms with van der Waals surface area (Å²) in [5.74, 6) is 0.00295. The Morgan fingerprint density at radius 3 is 2.86 bits per heavy atom. The minimum Gasteiger partial charge on any atom is -0.316 e. The fourth-order valence-electron chi connectivity index (χ4n) is 2.63. The minimum absolute atomic E-state index is 0.0500. The maximum Gasteiger partial charge on any atom is 0.244 e. The summed E-state index contributed by atoms with van der Waals surface area (Å²) in [6.45, 7) is 1.41. The van der Waals surface area contributed by atoms with Crippen LogP contribution in [-0.4, -0.2) is 42.3 Å². The number of fused-ring (bicyclic) bond motifs is 1. The van der Waals surface area contributed by atoms with E-state index in [0.717, 1.165) is 9.26 Å². The number of rotatable bonds is 1.